The van der Waals surface area contributed by atoms with Crippen molar-refractivity contribution in [3.05, 3.63) is 29.3 Å². The number of halogens is 2. The topological polar surface area (TPSA) is 52.3 Å². The molecule has 1 aromatic rings. The summed E-state index contributed by atoms with van der Waals surface area (Å²) in [6.45, 7) is 6.63. The van der Waals surface area contributed by atoms with Gasteiger partial charge in [0.05, 0.1) is 6.61 Å². The molecule has 22 heavy (non-hydrogen) atoms. The summed E-state index contributed by atoms with van der Waals surface area (Å²) in [5.74, 6) is -3.33. The van der Waals surface area contributed by atoms with Gasteiger partial charge in [-0.2, -0.15) is 0 Å². The minimum absolute atomic E-state index is 0.160. The number of rotatable bonds is 8. The lowest BCUT2D eigenvalue weighted by Gasteiger charge is -2.08. The molecule has 0 aliphatic heterocycles. The fourth-order valence-corrected chi connectivity index (χ4v) is 1.76. The van der Waals surface area contributed by atoms with Gasteiger partial charge in [-0.3, -0.25) is 4.79 Å². The van der Waals surface area contributed by atoms with Crippen molar-refractivity contribution in [1.82, 2.24) is 0 Å². The van der Waals surface area contributed by atoms with Crippen LogP contribution < -0.4 is 10.5 Å². The summed E-state index contributed by atoms with van der Waals surface area (Å²) in [6, 6.07) is 2.08. The van der Waals surface area contributed by atoms with Crippen molar-refractivity contribution in [2.75, 3.05) is 6.61 Å². The summed E-state index contributed by atoms with van der Waals surface area (Å²) in [6.07, 6.45) is 7.69. The van der Waals surface area contributed by atoms with Crippen molar-refractivity contribution in [1.29, 1.82) is 0 Å². The van der Waals surface area contributed by atoms with Crippen LogP contribution >= 0.6 is 0 Å². The van der Waals surface area contributed by atoms with E-state index in [2.05, 4.69) is 13.8 Å². The van der Waals surface area contributed by atoms with Gasteiger partial charge in [0.15, 0.2) is 11.6 Å². The van der Waals surface area contributed by atoms with E-state index in [1.807, 2.05) is 6.92 Å². The minimum Gasteiger partial charge on any atom is -0.490 e. The van der Waals surface area contributed by atoms with E-state index in [4.69, 9.17) is 10.5 Å². The highest BCUT2D eigenvalue weighted by atomic mass is 19.1. The van der Waals surface area contributed by atoms with E-state index in [9.17, 15) is 13.6 Å². The third-order valence-electron chi connectivity index (χ3n) is 2.97. The summed E-state index contributed by atoms with van der Waals surface area (Å²) in [7, 11) is 0. The largest absolute Gasteiger partial charge is 0.490 e. The molecule has 2 N–H and O–H groups in total. The van der Waals surface area contributed by atoms with Crippen LogP contribution in [-0.4, -0.2) is 12.5 Å². The Bertz CT molecular complexity index is 447. The van der Waals surface area contributed by atoms with Gasteiger partial charge < -0.3 is 10.5 Å². The lowest BCUT2D eigenvalue weighted by molar-refractivity contribution is 0.0991. The molecule has 0 aliphatic rings. The quantitative estimate of drug-likeness (QED) is 0.699. The van der Waals surface area contributed by atoms with Gasteiger partial charge in [0.1, 0.15) is 11.4 Å². The van der Waals surface area contributed by atoms with Gasteiger partial charge in [-0.1, -0.05) is 52.9 Å². The molecule has 1 rings (SSSR count). The summed E-state index contributed by atoms with van der Waals surface area (Å²) in [5.41, 5.74) is 4.08. The summed E-state index contributed by atoms with van der Waals surface area (Å²) < 4.78 is 31.4. The van der Waals surface area contributed by atoms with Crippen molar-refractivity contribution in [3.63, 3.8) is 0 Å². The molecular weight excluding hydrogens is 288 g/mol. The predicted octanol–water partition coefficient (Wildman–Crippen LogP) is 4.83. The molecule has 5 heteroatoms. The van der Waals surface area contributed by atoms with Gasteiger partial charge in [0, 0.05) is 0 Å². The van der Waals surface area contributed by atoms with Gasteiger partial charge in [0.2, 0.25) is 0 Å². The first-order valence-corrected chi connectivity index (χ1v) is 7.90. The molecule has 3 nitrogen and oxygen atoms in total. The number of ether oxygens (including phenoxy) is 1. The van der Waals surface area contributed by atoms with E-state index >= 15 is 0 Å². The van der Waals surface area contributed by atoms with Crippen LogP contribution in [-0.2, 0) is 0 Å². The van der Waals surface area contributed by atoms with Gasteiger partial charge in [-0.05, 0) is 18.6 Å². The van der Waals surface area contributed by atoms with Gasteiger partial charge in [-0.25, -0.2) is 8.78 Å². The maximum atomic E-state index is 13.4. The smallest absolute Gasteiger partial charge is 0.254 e. The monoisotopic (exact) mass is 315 g/mol. The molecule has 0 saturated heterocycles. The van der Waals surface area contributed by atoms with E-state index in [0.29, 0.717) is 13.0 Å². The molecular formula is C17H27F2NO2. The third kappa shape index (κ3) is 7.38. The number of nitrogens with two attached hydrogens (primary N) is 1. The van der Waals surface area contributed by atoms with Gasteiger partial charge in [-0.15, -0.1) is 0 Å². The Morgan fingerprint density at radius 1 is 1.05 bits per heavy atom. The second kappa shape index (κ2) is 12.0. The Morgan fingerprint density at radius 3 is 2.09 bits per heavy atom. The third-order valence-corrected chi connectivity index (χ3v) is 2.97. The predicted molar refractivity (Wildman–Crippen MR) is 85.1 cm³/mol. The van der Waals surface area contributed by atoms with Crippen LogP contribution in [0, 0.1) is 11.6 Å². The second-order valence-electron chi connectivity index (χ2n) is 5.01. The Morgan fingerprint density at radius 2 is 1.64 bits per heavy atom. The van der Waals surface area contributed by atoms with Crippen LogP contribution in [0.2, 0.25) is 0 Å². The normalized spacial score (nSPS) is 9.86. The van der Waals surface area contributed by atoms with Crippen LogP contribution in [0.4, 0.5) is 8.78 Å². The second-order valence-corrected chi connectivity index (χ2v) is 5.01. The first kappa shape index (κ1) is 20.3. The van der Waals surface area contributed by atoms with Gasteiger partial charge in [0.25, 0.3) is 5.91 Å². The van der Waals surface area contributed by atoms with E-state index in [-0.39, 0.29) is 5.75 Å². The van der Waals surface area contributed by atoms with Crippen LogP contribution in [0.3, 0.4) is 0 Å². The van der Waals surface area contributed by atoms with E-state index in [1.165, 1.54) is 32.1 Å². The highest BCUT2D eigenvalue weighted by Gasteiger charge is 2.18. The number of benzene rings is 1. The molecule has 0 fully saturated rings. The molecule has 0 unspecified atom stereocenters. The Labute approximate surface area is 131 Å². The van der Waals surface area contributed by atoms with E-state index in [0.717, 1.165) is 12.1 Å². The zero-order valence-corrected chi connectivity index (χ0v) is 13.8. The zero-order chi connectivity index (χ0) is 17.0. The molecule has 0 bridgehead atoms. The Kier molecular flexibility index (Phi) is 11.1. The highest BCUT2D eigenvalue weighted by molar-refractivity contribution is 5.93. The maximum absolute atomic E-state index is 13.4. The molecule has 1 aromatic carbocycles. The standard InChI is InChI=1S/C10H11F2NO2.C7H16/c1-2-5-15-7-4-3-6(11)8(9(7)12)10(13)14;1-3-5-7-6-4-2/h3-4H,2,5H2,1H3,(H2,13,14);3-7H2,1-2H3. The molecule has 1 amide bonds. The van der Waals surface area contributed by atoms with Gasteiger partial charge >= 0.3 is 0 Å². The number of carbonyl (C=O) groups excluding carboxylic acids is 1. The fraction of sp³-hybridized carbons (Fsp3) is 0.588. The van der Waals surface area contributed by atoms with Crippen molar-refractivity contribution in [2.45, 2.75) is 59.3 Å². The van der Waals surface area contributed by atoms with Crippen LogP contribution in [0.15, 0.2) is 12.1 Å². The molecule has 0 aliphatic carbocycles. The first-order chi connectivity index (χ1) is 10.5. The number of carbonyl (C=O) groups is 1. The van der Waals surface area contributed by atoms with Crippen LogP contribution in [0.5, 0.6) is 5.75 Å². The van der Waals surface area contributed by atoms with E-state index < -0.39 is 23.1 Å². The molecule has 0 radical (unpaired) electrons. The average molecular weight is 315 g/mol. The summed E-state index contributed by atoms with van der Waals surface area (Å²) >= 11 is 0. The van der Waals surface area contributed by atoms with Crippen LogP contribution in [0.25, 0.3) is 0 Å². The number of hydrogen-bond acceptors (Lipinski definition) is 2. The Balaban J connectivity index is 0.000000534. The molecule has 0 aromatic heterocycles. The molecule has 0 spiro atoms. The lowest BCUT2D eigenvalue weighted by atomic mass is 10.1. The number of unbranched alkanes of at least 4 members (excludes halogenated alkanes) is 4. The molecule has 126 valence electrons. The van der Waals surface area contributed by atoms with Crippen LogP contribution in [0.1, 0.15) is 69.7 Å². The van der Waals surface area contributed by atoms with Crippen molar-refractivity contribution >= 4 is 5.91 Å². The van der Waals surface area contributed by atoms with E-state index in [1.54, 1.807) is 0 Å². The minimum atomic E-state index is -1.15. The summed E-state index contributed by atoms with van der Waals surface area (Å²) in [4.78, 5) is 10.8. The zero-order valence-electron chi connectivity index (χ0n) is 13.8. The fourth-order valence-electron chi connectivity index (χ4n) is 1.76. The molecule has 0 saturated carbocycles. The summed E-state index contributed by atoms with van der Waals surface area (Å²) in [5, 5.41) is 0. The van der Waals surface area contributed by atoms with Crippen molar-refractivity contribution in [2.24, 2.45) is 5.73 Å². The highest BCUT2D eigenvalue weighted by Crippen LogP contribution is 2.22. The molecule has 0 heterocycles. The number of primary amides is 1. The Hall–Kier alpha value is -1.65. The van der Waals surface area contributed by atoms with Crippen molar-refractivity contribution < 1.29 is 18.3 Å². The van der Waals surface area contributed by atoms with Crippen molar-refractivity contribution in [3.8, 4) is 5.75 Å². The number of amides is 1. The first-order valence-electron chi connectivity index (χ1n) is 7.90. The lowest BCUT2D eigenvalue weighted by Crippen LogP contribution is -2.16. The average Bonchev–Trinajstić information content (AvgIpc) is 2.47. The maximum Gasteiger partial charge on any atom is 0.254 e. The number of hydrogen-bond donors (Lipinski definition) is 1. The SMILES string of the molecule is CCCCCCC.CCCOc1ccc(F)c(C(N)=O)c1F. The molecule has 0 atom stereocenters.